The van der Waals surface area contributed by atoms with Crippen LogP contribution in [0.4, 0.5) is 0 Å². The number of hydrogen-bond donors (Lipinski definition) is 1. The van der Waals surface area contributed by atoms with E-state index < -0.39 is 0 Å². The molecule has 0 radical (unpaired) electrons. The lowest BCUT2D eigenvalue weighted by Crippen LogP contribution is -2.42. The van der Waals surface area contributed by atoms with Gasteiger partial charge in [-0.25, -0.2) is 9.67 Å². The number of amides is 1. The molecule has 7 nitrogen and oxygen atoms in total. The highest BCUT2D eigenvalue weighted by atomic mass is 32.2. The average molecular weight is 438 g/mol. The van der Waals surface area contributed by atoms with E-state index in [4.69, 9.17) is 4.98 Å². The van der Waals surface area contributed by atoms with Crippen LogP contribution in [0, 0.1) is 12.8 Å². The quantitative estimate of drug-likeness (QED) is 0.631. The van der Waals surface area contributed by atoms with Gasteiger partial charge >= 0.3 is 0 Å². The molecule has 1 aliphatic carbocycles. The average Bonchev–Trinajstić information content (AvgIpc) is 3.35. The molecule has 3 heterocycles. The fourth-order valence-electron chi connectivity index (χ4n) is 4.74. The summed E-state index contributed by atoms with van der Waals surface area (Å²) in [6, 6.07) is 8.04. The Hall–Kier alpha value is -2.61. The van der Waals surface area contributed by atoms with Crippen LogP contribution in [0.2, 0.25) is 0 Å². The number of aromatic nitrogens is 4. The Bertz CT molecular complexity index is 1200. The predicted octanol–water partition coefficient (Wildman–Crippen LogP) is 3.62. The number of nitrogens with zero attached hydrogens (tertiary/aromatic N) is 4. The SMILES string of the molecule is Cc1cccc(-n2ncc3c(=O)n4c(nc32)SCC4CC(=O)NC2CCCCC2C)c1. The van der Waals surface area contributed by atoms with Crippen molar-refractivity contribution in [1.82, 2.24) is 24.6 Å². The van der Waals surface area contributed by atoms with Gasteiger partial charge in [0.1, 0.15) is 5.39 Å². The van der Waals surface area contributed by atoms with Gasteiger partial charge in [0.25, 0.3) is 5.56 Å². The topological polar surface area (TPSA) is 81.8 Å². The Labute approximate surface area is 185 Å². The van der Waals surface area contributed by atoms with Crippen LogP contribution in [-0.2, 0) is 4.79 Å². The van der Waals surface area contributed by atoms with Crippen LogP contribution in [0.3, 0.4) is 0 Å². The lowest BCUT2D eigenvalue weighted by Gasteiger charge is -2.29. The number of carbonyl (C=O) groups excluding carboxylic acids is 1. The first-order valence-corrected chi connectivity index (χ1v) is 12.0. The molecule has 3 atom stereocenters. The van der Waals surface area contributed by atoms with E-state index in [0.29, 0.717) is 34.3 Å². The van der Waals surface area contributed by atoms with Crippen molar-refractivity contribution in [2.75, 3.05) is 5.75 Å². The maximum atomic E-state index is 13.3. The van der Waals surface area contributed by atoms with Gasteiger partial charge in [-0.05, 0) is 43.4 Å². The maximum absolute atomic E-state index is 13.3. The molecule has 2 aromatic heterocycles. The lowest BCUT2D eigenvalue weighted by molar-refractivity contribution is -0.123. The van der Waals surface area contributed by atoms with Gasteiger partial charge in [-0.3, -0.25) is 14.2 Å². The van der Waals surface area contributed by atoms with Crippen molar-refractivity contribution in [2.24, 2.45) is 5.92 Å². The fraction of sp³-hybridized carbons (Fsp3) is 0.478. The summed E-state index contributed by atoms with van der Waals surface area (Å²) in [5.41, 5.74) is 2.45. The predicted molar refractivity (Wildman–Crippen MR) is 122 cm³/mol. The van der Waals surface area contributed by atoms with E-state index in [1.165, 1.54) is 31.0 Å². The molecule has 3 aromatic rings. The molecule has 1 saturated carbocycles. The van der Waals surface area contributed by atoms with E-state index in [-0.39, 0.29) is 23.6 Å². The summed E-state index contributed by atoms with van der Waals surface area (Å²) >= 11 is 1.53. The number of benzene rings is 1. The third-order valence-electron chi connectivity index (χ3n) is 6.50. The van der Waals surface area contributed by atoms with Crippen molar-refractivity contribution in [3.8, 4) is 5.69 Å². The molecular weight excluding hydrogens is 410 g/mol. The fourth-order valence-corrected chi connectivity index (χ4v) is 5.87. The van der Waals surface area contributed by atoms with Gasteiger partial charge in [-0.2, -0.15) is 5.10 Å². The Morgan fingerprint density at radius 3 is 2.94 bits per heavy atom. The van der Waals surface area contributed by atoms with Crippen LogP contribution in [-0.4, -0.2) is 37.0 Å². The number of fused-ring (bicyclic) bond motifs is 2. The van der Waals surface area contributed by atoms with E-state index in [0.717, 1.165) is 17.7 Å². The van der Waals surface area contributed by atoms with Gasteiger partial charge in [0.05, 0.1) is 17.9 Å². The van der Waals surface area contributed by atoms with Gasteiger partial charge in [-0.1, -0.05) is 43.7 Å². The number of rotatable bonds is 4. The molecule has 1 N–H and O–H groups in total. The minimum Gasteiger partial charge on any atom is -0.353 e. The maximum Gasteiger partial charge on any atom is 0.265 e. The van der Waals surface area contributed by atoms with Crippen LogP contribution in [0.1, 0.15) is 50.6 Å². The summed E-state index contributed by atoms with van der Waals surface area (Å²) in [5.74, 6) is 1.22. The van der Waals surface area contributed by atoms with E-state index >= 15 is 0 Å². The zero-order valence-corrected chi connectivity index (χ0v) is 18.7. The first-order chi connectivity index (χ1) is 15.0. The van der Waals surface area contributed by atoms with Crippen molar-refractivity contribution in [2.45, 2.75) is 63.2 Å². The Morgan fingerprint density at radius 1 is 1.29 bits per heavy atom. The minimum atomic E-state index is -0.175. The summed E-state index contributed by atoms with van der Waals surface area (Å²) in [5, 5.41) is 8.79. The lowest BCUT2D eigenvalue weighted by atomic mass is 9.86. The van der Waals surface area contributed by atoms with Gasteiger partial charge < -0.3 is 5.32 Å². The van der Waals surface area contributed by atoms with E-state index in [2.05, 4.69) is 17.3 Å². The van der Waals surface area contributed by atoms with E-state index in [1.807, 2.05) is 31.2 Å². The molecule has 162 valence electrons. The van der Waals surface area contributed by atoms with Gasteiger partial charge in [0.2, 0.25) is 5.91 Å². The molecule has 0 saturated heterocycles. The van der Waals surface area contributed by atoms with Gasteiger partial charge in [-0.15, -0.1) is 0 Å². The van der Waals surface area contributed by atoms with Gasteiger partial charge in [0, 0.05) is 18.2 Å². The molecular formula is C23H27N5O2S. The second-order valence-corrected chi connectivity index (χ2v) is 9.79. The summed E-state index contributed by atoms with van der Waals surface area (Å²) in [7, 11) is 0. The first kappa shape index (κ1) is 20.3. The highest BCUT2D eigenvalue weighted by molar-refractivity contribution is 7.99. The number of nitrogens with one attached hydrogen (secondary N) is 1. The second kappa shape index (κ2) is 8.15. The summed E-state index contributed by atoms with van der Waals surface area (Å²) in [6.07, 6.45) is 6.52. The third kappa shape index (κ3) is 3.78. The highest BCUT2D eigenvalue weighted by Crippen LogP contribution is 2.33. The standard InChI is InChI=1S/C23H27N5O2S/c1-14-6-5-8-16(10-14)28-21-18(12-24-28)22(30)27-17(13-31-23(27)26-21)11-20(29)25-19-9-4-3-7-15(19)2/h5-6,8,10,12,15,17,19H,3-4,7,9,11,13H2,1-2H3,(H,25,29). The highest BCUT2D eigenvalue weighted by Gasteiger charge is 2.31. The molecule has 31 heavy (non-hydrogen) atoms. The number of hydrogen-bond acceptors (Lipinski definition) is 5. The Morgan fingerprint density at radius 2 is 2.13 bits per heavy atom. The number of thioether (sulfide) groups is 1. The van der Waals surface area contributed by atoms with Crippen LogP contribution in [0.5, 0.6) is 0 Å². The second-order valence-electron chi connectivity index (χ2n) is 8.81. The molecule has 0 spiro atoms. The molecule has 5 rings (SSSR count). The summed E-state index contributed by atoms with van der Waals surface area (Å²) in [4.78, 5) is 30.8. The zero-order valence-electron chi connectivity index (χ0n) is 17.9. The molecule has 1 amide bonds. The van der Waals surface area contributed by atoms with Crippen molar-refractivity contribution in [3.05, 3.63) is 46.4 Å². The van der Waals surface area contributed by atoms with Crippen LogP contribution < -0.4 is 10.9 Å². The Kier molecular flexibility index (Phi) is 5.33. The Balaban J connectivity index is 1.42. The molecule has 8 heteroatoms. The monoisotopic (exact) mass is 437 g/mol. The molecule has 2 aliphatic rings. The first-order valence-electron chi connectivity index (χ1n) is 11.0. The molecule has 1 fully saturated rings. The van der Waals surface area contributed by atoms with Gasteiger partial charge in [0.15, 0.2) is 10.8 Å². The van der Waals surface area contributed by atoms with Crippen molar-refractivity contribution in [3.63, 3.8) is 0 Å². The summed E-state index contributed by atoms with van der Waals surface area (Å²) in [6.45, 7) is 4.23. The summed E-state index contributed by atoms with van der Waals surface area (Å²) < 4.78 is 3.41. The molecule has 1 aliphatic heterocycles. The molecule has 0 bridgehead atoms. The minimum absolute atomic E-state index is 0.0275. The van der Waals surface area contributed by atoms with E-state index in [1.54, 1.807) is 15.4 Å². The zero-order chi connectivity index (χ0) is 21.5. The van der Waals surface area contributed by atoms with Crippen molar-refractivity contribution >= 4 is 28.7 Å². The van der Waals surface area contributed by atoms with Crippen LogP contribution in [0.15, 0.2) is 40.4 Å². The number of aryl methyl sites for hydroxylation is 1. The van der Waals surface area contributed by atoms with E-state index in [9.17, 15) is 9.59 Å². The third-order valence-corrected chi connectivity index (χ3v) is 7.59. The van der Waals surface area contributed by atoms with Crippen LogP contribution in [0.25, 0.3) is 16.7 Å². The molecule has 1 aromatic carbocycles. The van der Waals surface area contributed by atoms with Crippen molar-refractivity contribution < 1.29 is 4.79 Å². The molecule has 3 unspecified atom stereocenters. The normalized spacial score (nSPS) is 23.1. The van der Waals surface area contributed by atoms with Crippen LogP contribution >= 0.6 is 11.8 Å². The van der Waals surface area contributed by atoms with Crippen molar-refractivity contribution in [1.29, 1.82) is 0 Å². The smallest absolute Gasteiger partial charge is 0.265 e. The number of carbonyl (C=O) groups is 1. The largest absolute Gasteiger partial charge is 0.353 e.